The van der Waals surface area contributed by atoms with Crippen molar-refractivity contribution in [1.29, 1.82) is 0 Å². The van der Waals surface area contributed by atoms with Crippen molar-refractivity contribution < 1.29 is 14.6 Å². The summed E-state index contributed by atoms with van der Waals surface area (Å²) in [6.07, 6.45) is 1.61. The summed E-state index contributed by atoms with van der Waals surface area (Å²) in [5, 5.41) is 15.9. The molecule has 7 nitrogen and oxygen atoms in total. The van der Waals surface area contributed by atoms with E-state index in [-0.39, 0.29) is 48.5 Å². The zero-order valence-electron chi connectivity index (χ0n) is 17.5. The molecule has 1 heterocycles. The Morgan fingerprint density at radius 1 is 1.28 bits per heavy atom. The molecule has 1 fully saturated rings. The van der Waals surface area contributed by atoms with E-state index in [1.165, 1.54) is 0 Å². The Bertz CT molecular complexity index is 622. The van der Waals surface area contributed by atoms with E-state index >= 15 is 0 Å². The molecule has 1 amide bonds. The molecule has 0 spiro atoms. The predicted molar refractivity (Wildman–Crippen MR) is 127 cm³/mol. The third kappa shape index (κ3) is 8.47. The summed E-state index contributed by atoms with van der Waals surface area (Å²) in [7, 11) is 0. The summed E-state index contributed by atoms with van der Waals surface area (Å²) >= 11 is 0. The standard InChI is InChI=1S/C21H34N4O3.HI/c1-3-22-20(24-16-21(10-12-26)11-13-28-17-21)23-14-19(27)25(4-2)15-18-8-6-5-7-9-18;/h5-9,26H,3-4,10-17H2,1-2H3,(H2,22,23,24);1H. The number of hydrogen-bond acceptors (Lipinski definition) is 4. The van der Waals surface area contributed by atoms with Crippen LogP contribution < -0.4 is 10.6 Å². The molecule has 0 bridgehead atoms. The van der Waals surface area contributed by atoms with Gasteiger partial charge in [-0.05, 0) is 32.3 Å². The SMILES string of the molecule is CCNC(=NCC(=O)N(CC)Cc1ccccc1)NCC1(CCO)CCOC1.I. The Hall–Kier alpha value is -1.39. The highest BCUT2D eigenvalue weighted by molar-refractivity contribution is 14.0. The average molecular weight is 518 g/mol. The molecule has 0 saturated carbocycles. The van der Waals surface area contributed by atoms with Gasteiger partial charge in [0.1, 0.15) is 6.54 Å². The smallest absolute Gasteiger partial charge is 0.244 e. The van der Waals surface area contributed by atoms with Crippen LogP contribution in [0, 0.1) is 5.41 Å². The van der Waals surface area contributed by atoms with Gasteiger partial charge in [0.2, 0.25) is 5.91 Å². The summed E-state index contributed by atoms with van der Waals surface area (Å²) in [5.41, 5.74) is 1.04. The number of aliphatic imine (C=N–C) groups is 1. The van der Waals surface area contributed by atoms with E-state index in [9.17, 15) is 9.90 Å². The molecule has 0 radical (unpaired) electrons. The molecule has 8 heteroatoms. The summed E-state index contributed by atoms with van der Waals surface area (Å²) in [6, 6.07) is 9.98. The molecule has 164 valence electrons. The van der Waals surface area contributed by atoms with E-state index in [0.29, 0.717) is 45.2 Å². The molecule has 1 aliphatic rings. The van der Waals surface area contributed by atoms with Gasteiger partial charge < -0.3 is 25.4 Å². The number of amides is 1. The van der Waals surface area contributed by atoms with Crippen LogP contribution in [0.3, 0.4) is 0 Å². The number of rotatable bonds is 10. The first kappa shape index (κ1) is 25.6. The molecule has 0 aliphatic carbocycles. The van der Waals surface area contributed by atoms with Crippen molar-refractivity contribution in [2.24, 2.45) is 10.4 Å². The predicted octanol–water partition coefficient (Wildman–Crippen LogP) is 2.00. The van der Waals surface area contributed by atoms with Crippen LogP contribution in [0.25, 0.3) is 0 Å². The first-order chi connectivity index (χ1) is 13.6. The first-order valence-corrected chi connectivity index (χ1v) is 10.1. The van der Waals surface area contributed by atoms with Crippen LogP contribution in [0.15, 0.2) is 35.3 Å². The minimum Gasteiger partial charge on any atom is -0.396 e. The number of aliphatic hydroxyl groups is 1. The van der Waals surface area contributed by atoms with Gasteiger partial charge in [0, 0.05) is 44.8 Å². The fraction of sp³-hybridized carbons (Fsp3) is 0.619. The number of nitrogens with one attached hydrogen (secondary N) is 2. The second-order valence-corrected chi connectivity index (χ2v) is 7.22. The molecule has 29 heavy (non-hydrogen) atoms. The number of halogens is 1. The molecular weight excluding hydrogens is 483 g/mol. The minimum atomic E-state index is -0.0717. The van der Waals surface area contributed by atoms with Gasteiger partial charge in [-0.1, -0.05) is 30.3 Å². The molecule has 1 atom stereocenters. The Balaban J connectivity index is 0.00000420. The molecule has 1 aromatic rings. The summed E-state index contributed by atoms with van der Waals surface area (Å²) in [5.74, 6) is 0.619. The minimum absolute atomic E-state index is 0. The van der Waals surface area contributed by atoms with Crippen LogP contribution in [-0.4, -0.2) is 67.9 Å². The largest absolute Gasteiger partial charge is 0.396 e. The van der Waals surface area contributed by atoms with Gasteiger partial charge in [-0.2, -0.15) is 0 Å². The highest BCUT2D eigenvalue weighted by Crippen LogP contribution is 2.31. The van der Waals surface area contributed by atoms with Crippen molar-refractivity contribution in [3.05, 3.63) is 35.9 Å². The van der Waals surface area contributed by atoms with Crippen molar-refractivity contribution in [2.75, 3.05) is 46.0 Å². The molecule has 3 N–H and O–H groups in total. The fourth-order valence-electron chi connectivity index (χ4n) is 3.35. The quantitative estimate of drug-likeness (QED) is 0.251. The van der Waals surface area contributed by atoms with E-state index in [4.69, 9.17) is 4.74 Å². The number of carbonyl (C=O) groups is 1. The molecular formula is C21H35IN4O3. The first-order valence-electron chi connectivity index (χ1n) is 10.1. The van der Waals surface area contributed by atoms with Crippen molar-refractivity contribution in [1.82, 2.24) is 15.5 Å². The topological polar surface area (TPSA) is 86.2 Å². The Kier molecular flexibility index (Phi) is 12.2. The third-order valence-electron chi connectivity index (χ3n) is 5.13. The normalized spacial score (nSPS) is 18.8. The van der Waals surface area contributed by atoms with Gasteiger partial charge in [-0.25, -0.2) is 4.99 Å². The Morgan fingerprint density at radius 2 is 2.03 bits per heavy atom. The number of aliphatic hydroxyl groups excluding tert-OH is 1. The number of nitrogens with zero attached hydrogens (tertiary/aromatic N) is 2. The number of hydrogen-bond donors (Lipinski definition) is 3. The van der Waals surface area contributed by atoms with Gasteiger partial charge in [0.25, 0.3) is 0 Å². The number of likely N-dealkylation sites (N-methyl/N-ethyl adjacent to an activating group) is 1. The third-order valence-corrected chi connectivity index (χ3v) is 5.13. The van der Waals surface area contributed by atoms with E-state index < -0.39 is 0 Å². The van der Waals surface area contributed by atoms with Gasteiger partial charge in [-0.3, -0.25) is 4.79 Å². The van der Waals surface area contributed by atoms with E-state index in [0.717, 1.165) is 18.6 Å². The number of guanidine groups is 1. The highest BCUT2D eigenvalue weighted by atomic mass is 127. The van der Waals surface area contributed by atoms with Gasteiger partial charge in [0.15, 0.2) is 5.96 Å². The second-order valence-electron chi connectivity index (χ2n) is 7.22. The lowest BCUT2D eigenvalue weighted by molar-refractivity contribution is -0.130. The second kappa shape index (κ2) is 13.8. The summed E-state index contributed by atoms with van der Waals surface area (Å²) < 4.78 is 5.53. The maximum atomic E-state index is 12.6. The van der Waals surface area contributed by atoms with Crippen molar-refractivity contribution in [3.63, 3.8) is 0 Å². The van der Waals surface area contributed by atoms with E-state index in [2.05, 4.69) is 15.6 Å². The van der Waals surface area contributed by atoms with Crippen molar-refractivity contribution in [2.45, 2.75) is 33.2 Å². The van der Waals surface area contributed by atoms with Crippen LogP contribution >= 0.6 is 24.0 Å². The maximum Gasteiger partial charge on any atom is 0.244 e. The highest BCUT2D eigenvalue weighted by Gasteiger charge is 2.34. The average Bonchev–Trinajstić information content (AvgIpc) is 3.18. The number of ether oxygens (including phenoxy) is 1. The van der Waals surface area contributed by atoms with Crippen LogP contribution in [0.2, 0.25) is 0 Å². The zero-order chi connectivity index (χ0) is 20.2. The van der Waals surface area contributed by atoms with Crippen molar-refractivity contribution in [3.8, 4) is 0 Å². The maximum absolute atomic E-state index is 12.6. The van der Waals surface area contributed by atoms with Crippen LogP contribution in [0.1, 0.15) is 32.3 Å². The summed E-state index contributed by atoms with van der Waals surface area (Å²) in [6.45, 7) is 8.18. The van der Waals surface area contributed by atoms with Gasteiger partial charge in [0.05, 0.1) is 6.61 Å². The van der Waals surface area contributed by atoms with E-state index in [1.54, 1.807) is 4.90 Å². The molecule has 1 unspecified atom stereocenters. The number of benzene rings is 1. The Labute approximate surface area is 191 Å². The Morgan fingerprint density at radius 3 is 2.62 bits per heavy atom. The zero-order valence-corrected chi connectivity index (χ0v) is 19.9. The molecule has 2 rings (SSSR count). The lowest BCUT2D eigenvalue weighted by atomic mass is 9.84. The van der Waals surface area contributed by atoms with Gasteiger partial charge in [-0.15, -0.1) is 24.0 Å². The van der Waals surface area contributed by atoms with Crippen LogP contribution in [0.4, 0.5) is 0 Å². The van der Waals surface area contributed by atoms with Gasteiger partial charge >= 0.3 is 0 Å². The fourth-order valence-corrected chi connectivity index (χ4v) is 3.35. The van der Waals surface area contributed by atoms with Crippen LogP contribution in [0.5, 0.6) is 0 Å². The lowest BCUT2D eigenvalue weighted by Gasteiger charge is -2.27. The van der Waals surface area contributed by atoms with Crippen molar-refractivity contribution >= 4 is 35.8 Å². The molecule has 1 saturated heterocycles. The molecule has 0 aromatic heterocycles. The summed E-state index contributed by atoms with van der Waals surface area (Å²) in [4.78, 5) is 18.9. The van der Waals surface area contributed by atoms with Crippen LogP contribution in [-0.2, 0) is 16.1 Å². The van der Waals surface area contributed by atoms with E-state index in [1.807, 2.05) is 44.2 Å². The molecule has 1 aromatic carbocycles. The number of carbonyl (C=O) groups excluding carboxylic acids is 1. The lowest BCUT2D eigenvalue weighted by Crippen LogP contribution is -2.45. The molecule has 1 aliphatic heterocycles. The monoisotopic (exact) mass is 518 g/mol.